The number of nitrogens with zero attached hydrogens (tertiary/aromatic N) is 1. The van der Waals surface area contributed by atoms with Crippen molar-refractivity contribution in [1.82, 2.24) is 10.2 Å². The highest BCUT2D eigenvalue weighted by Gasteiger charge is 2.38. The predicted molar refractivity (Wildman–Crippen MR) is 63.0 cm³/mol. The van der Waals surface area contributed by atoms with Crippen molar-refractivity contribution in [2.45, 2.75) is 57.5 Å². The lowest BCUT2D eigenvalue weighted by Gasteiger charge is -2.35. The van der Waals surface area contributed by atoms with Crippen LogP contribution in [0.15, 0.2) is 0 Å². The first-order valence-corrected chi connectivity index (χ1v) is 6.73. The van der Waals surface area contributed by atoms with Gasteiger partial charge in [0.15, 0.2) is 0 Å². The Morgan fingerprint density at radius 2 is 2.13 bits per heavy atom. The summed E-state index contributed by atoms with van der Waals surface area (Å²) >= 11 is 0. The molecule has 3 fully saturated rings. The highest BCUT2D eigenvalue weighted by atomic mass is 15.2. The fourth-order valence-electron chi connectivity index (χ4n) is 3.19. The molecule has 2 atom stereocenters. The summed E-state index contributed by atoms with van der Waals surface area (Å²) < 4.78 is 0. The van der Waals surface area contributed by atoms with Crippen LogP contribution in [-0.4, -0.2) is 36.6 Å². The van der Waals surface area contributed by atoms with Crippen LogP contribution in [0.4, 0.5) is 0 Å². The molecule has 15 heavy (non-hydrogen) atoms. The predicted octanol–water partition coefficient (Wildman–Crippen LogP) is 2.00. The summed E-state index contributed by atoms with van der Waals surface area (Å²) in [6, 6.07) is 1.74. The van der Waals surface area contributed by atoms with Crippen LogP contribution in [-0.2, 0) is 0 Å². The zero-order valence-electron chi connectivity index (χ0n) is 9.97. The van der Waals surface area contributed by atoms with Gasteiger partial charge >= 0.3 is 0 Å². The van der Waals surface area contributed by atoms with Crippen LogP contribution in [0.5, 0.6) is 0 Å². The fourth-order valence-corrected chi connectivity index (χ4v) is 3.19. The maximum absolute atomic E-state index is 3.81. The molecule has 0 aromatic rings. The van der Waals surface area contributed by atoms with Gasteiger partial charge in [-0.1, -0.05) is 6.92 Å². The molecule has 1 N–H and O–H groups in total. The molecule has 2 aliphatic heterocycles. The average molecular weight is 208 g/mol. The van der Waals surface area contributed by atoms with Crippen molar-refractivity contribution in [1.29, 1.82) is 0 Å². The second kappa shape index (κ2) is 3.74. The third-order valence-corrected chi connectivity index (χ3v) is 4.74. The topological polar surface area (TPSA) is 15.3 Å². The Morgan fingerprint density at radius 3 is 2.93 bits per heavy atom. The Kier molecular flexibility index (Phi) is 2.52. The van der Waals surface area contributed by atoms with Crippen molar-refractivity contribution in [2.75, 3.05) is 19.6 Å². The molecule has 86 valence electrons. The van der Waals surface area contributed by atoms with Gasteiger partial charge in [-0.05, 0) is 57.0 Å². The summed E-state index contributed by atoms with van der Waals surface area (Å²) in [5, 5.41) is 3.81. The molecule has 0 aromatic carbocycles. The van der Waals surface area contributed by atoms with Crippen LogP contribution in [0, 0.1) is 5.41 Å². The van der Waals surface area contributed by atoms with Gasteiger partial charge in [-0.2, -0.15) is 0 Å². The number of rotatable bonds is 3. The number of nitrogens with one attached hydrogen (secondary N) is 1. The van der Waals surface area contributed by atoms with E-state index in [-0.39, 0.29) is 0 Å². The van der Waals surface area contributed by atoms with Gasteiger partial charge in [0, 0.05) is 18.6 Å². The minimum absolute atomic E-state index is 0.673. The van der Waals surface area contributed by atoms with E-state index in [9.17, 15) is 0 Å². The number of hydrogen-bond donors (Lipinski definition) is 1. The van der Waals surface area contributed by atoms with E-state index in [0.717, 1.165) is 12.1 Å². The maximum Gasteiger partial charge on any atom is 0.0111 e. The van der Waals surface area contributed by atoms with E-state index in [4.69, 9.17) is 0 Å². The molecule has 0 spiro atoms. The summed E-state index contributed by atoms with van der Waals surface area (Å²) in [7, 11) is 0. The third-order valence-electron chi connectivity index (χ3n) is 4.74. The lowest BCUT2D eigenvalue weighted by Crippen LogP contribution is -2.46. The fraction of sp³-hybridized carbons (Fsp3) is 1.00. The summed E-state index contributed by atoms with van der Waals surface area (Å²) in [4.78, 5) is 2.71. The van der Waals surface area contributed by atoms with E-state index in [1.54, 1.807) is 0 Å². The number of piperidine rings is 1. The largest absolute Gasteiger partial charge is 0.313 e. The minimum atomic E-state index is 0.673. The molecule has 1 aliphatic carbocycles. The van der Waals surface area contributed by atoms with Gasteiger partial charge < -0.3 is 10.2 Å². The van der Waals surface area contributed by atoms with Gasteiger partial charge in [-0.3, -0.25) is 0 Å². The molecule has 2 saturated heterocycles. The quantitative estimate of drug-likeness (QED) is 0.763. The molecule has 1 saturated carbocycles. The highest BCUT2D eigenvalue weighted by molar-refractivity contribution is 4.94. The highest BCUT2D eigenvalue weighted by Crippen LogP contribution is 2.44. The van der Waals surface area contributed by atoms with Crippen molar-refractivity contribution in [3.05, 3.63) is 0 Å². The van der Waals surface area contributed by atoms with Gasteiger partial charge in [0.2, 0.25) is 0 Å². The van der Waals surface area contributed by atoms with E-state index in [1.807, 2.05) is 0 Å². The van der Waals surface area contributed by atoms with Gasteiger partial charge in [-0.15, -0.1) is 0 Å². The van der Waals surface area contributed by atoms with Gasteiger partial charge in [0.25, 0.3) is 0 Å². The van der Waals surface area contributed by atoms with E-state index >= 15 is 0 Å². The first-order valence-electron chi connectivity index (χ1n) is 6.73. The molecular weight excluding hydrogens is 184 g/mol. The Bertz CT molecular complexity index is 235. The monoisotopic (exact) mass is 208 g/mol. The van der Waals surface area contributed by atoms with Crippen LogP contribution in [0.25, 0.3) is 0 Å². The second-order valence-corrected chi connectivity index (χ2v) is 6.24. The van der Waals surface area contributed by atoms with Crippen LogP contribution in [0.3, 0.4) is 0 Å². The van der Waals surface area contributed by atoms with Crippen LogP contribution < -0.4 is 5.32 Å². The molecule has 2 unspecified atom stereocenters. The Morgan fingerprint density at radius 1 is 1.27 bits per heavy atom. The molecule has 0 amide bonds. The molecule has 2 nitrogen and oxygen atoms in total. The van der Waals surface area contributed by atoms with Gasteiger partial charge in [0.05, 0.1) is 0 Å². The molecule has 0 radical (unpaired) electrons. The molecular formula is C13H24N2. The van der Waals surface area contributed by atoms with Crippen molar-refractivity contribution < 1.29 is 0 Å². The summed E-state index contributed by atoms with van der Waals surface area (Å²) in [6.45, 7) is 6.41. The summed E-state index contributed by atoms with van der Waals surface area (Å²) in [5.41, 5.74) is 0.673. The maximum atomic E-state index is 3.81. The standard InChI is InChI=1S/C13H24N2/c1-13(5-6-13)10-14-11-4-8-15-7-2-3-12(15)9-11/h11-12,14H,2-10H2,1H3. The number of hydrogen-bond acceptors (Lipinski definition) is 2. The number of fused-ring (bicyclic) bond motifs is 1. The average Bonchev–Trinajstić information content (AvgIpc) is 2.80. The van der Waals surface area contributed by atoms with Crippen molar-refractivity contribution in [3.63, 3.8) is 0 Å². The lowest BCUT2D eigenvalue weighted by atomic mass is 9.97. The summed E-state index contributed by atoms with van der Waals surface area (Å²) in [6.07, 6.45) is 8.58. The van der Waals surface area contributed by atoms with Gasteiger partial charge in [-0.25, -0.2) is 0 Å². The minimum Gasteiger partial charge on any atom is -0.313 e. The van der Waals surface area contributed by atoms with Crippen LogP contribution in [0.1, 0.15) is 45.4 Å². The SMILES string of the molecule is CC1(CNC2CCN3CCCC3C2)CC1. The Balaban J connectivity index is 1.46. The smallest absolute Gasteiger partial charge is 0.0111 e. The Labute approximate surface area is 93.4 Å². The molecule has 2 heterocycles. The van der Waals surface area contributed by atoms with Crippen molar-refractivity contribution in [3.8, 4) is 0 Å². The Hall–Kier alpha value is -0.0800. The normalized spacial score (nSPS) is 39.0. The van der Waals surface area contributed by atoms with Crippen molar-refractivity contribution >= 4 is 0 Å². The summed E-state index contributed by atoms with van der Waals surface area (Å²) in [5.74, 6) is 0. The molecule has 3 rings (SSSR count). The van der Waals surface area contributed by atoms with Crippen molar-refractivity contribution in [2.24, 2.45) is 5.41 Å². The molecule has 3 aliphatic rings. The first kappa shape index (κ1) is 10.1. The zero-order valence-corrected chi connectivity index (χ0v) is 9.97. The van der Waals surface area contributed by atoms with E-state index in [0.29, 0.717) is 5.41 Å². The second-order valence-electron chi connectivity index (χ2n) is 6.24. The lowest BCUT2D eigenvalue weighted by molar-refractivity contribution is 0.164. The molecule has 2 heteroatoms. The molecule has 0 bridgehead atoms. The van der Waals surface area contributed by atoms with E-state index in [1.165, 1.54) is 58.2 Å². The van der Waals surface area contributed by atoms with Gasteiger partial charge in [0.1, 0.15) is 0 Å². The van der Waals surface area contributed by atoms with Crippen LogP contribution in [0.2, 0.25) is 0 Å². The van der Waals surface area contributed by atoms with E-state index < -0.39 is 0 Å². The van der Waals surface area contributed by atoms with E-state index in [2.05, 4.69) is 17.1 Å². The van der Waals surface area contributed by atoms with Crippen LogP contribution >= 0.6 is 0 Å². The molecule has 0 aromatic heterocycles. The first-order chi connectivity index (χ1) is 7.25. The zero-order chi connectivity index (χ0) is 10.3. The third kappa shape index (κ3) is 2.21.